The predicted molar refractivity (Wildman–Crippen MR) is 101 cm³/mol. The smallest absolute Gasteiger partial charge is 0.416 e. The van der Waals surface area contributed by atoms with E-state index in [1.165, 1.54) is 31.6 Å². The SMILES string of the molecule is COC(=O)CCCl.COc1ccc(C(F)(F)F)cc1NCc1sccc1N. The van der Waals surface area contributed by atoms with Crippen LogP contribution in [-0.2, 0) is 22.3 Å². The maximum absolute atomic E-state index is 12.7. The lowest BCUT2D eigenvalue weighted by atomic mass is 10.1. The Bertz CT molecular complexity index is 738. The number of carbonyl (C=O) groups is 1. The second kappa shape index (κ2) is 10.9. The topological polar surface area (TPSA) is 73.6 Å². The molecule has 0 fully saturated rings. The van der Waals surface area contributed by atoms with Crippen molar-refractivity contribution in [2.45, 2.75) is 19.1 Å². The minimum atomic E-state index is -4.38. The molecule has 1 aromatic heterocycles. The molecular formula is C17H20ClF3N2O3S. The summed E-state index contributed by atoms with van der Waals surface area (Å²) in [5.74, 6) is 0.440. The summed E-state index contributed by atoms with van der Waals surface area (Å²) in [5, 5.41) is 4.75. The molecule has 0 amide bonds. The highest BCUT2D eigenvalue weighted by molar-refractivity contribution is 7.10. The third-order valence-corrected chi connectivity index (χ3v) is 4.40. The summed E-state index contributed by atoms with van der Waals surface area (Å²) in [4.78, 5) is 11.0. The molecule has 0 saturated heterocycles. The lowest BCUT2D eigenvalue weighted by Crippen LogP contribution is -2.07. The van der Waals surface area contributed by atoms with Gasteiger partial charge in [0.25, 0.3) is 0 Å². The molecule has 0 spiro atoms. The van der Waals surface area contributed by atoms with Crippen LogP contribution in [0.25, 0.3) is 0 Å². The maximum atomic E-state index is 12.7. The van der Waals surface area contributed by atoms with Crippen molar-refractivity contribution in [2.24, 2.45) is 0 Å². The molecule has 3 N–H and O–H groups in total. The number of benzene rings is 1. The number of hydrogen-bond donors (Lipinski definition) is 2. The largest absolute Gasteiger partial charge is 0.495 e. The average Bonchev–Trinajstić information content (AvgIpc) is 3.04. The van der Waals surface area contributed by atoms with Crippen LogP contribution in [0.2, 0.25) is 0 Å². The molecule has 2 rings (SSSR count). The van der Waals surface area contributed by atoms with E-state index in [1.807, 2.05) is 5.38 Å². The Balaban J connectivity index is 0.000000445. The monoisotopic (exact) mass is 424 g/mol. The van der Waals surface area contributed by atoms with Crippen molar-refractivity contribution in [3.8, 4) is 5.75 Å². The van der Waals surface area contributed by atoms with E-state index in [0.29, 0.717) is 30.3 Å². The summed E-state index contributed by atoms with van der Waals surface area (Å²) in [6.07, 6.45) is -4.08. The van der Waals surface area contributed by atoms with Gasteiger partial charge in [0.2, 0.25) is 0 Å². The van der Waals surface area contributed by atoms with Gasteiger partial charge in [0.15, 0.2) is 0 Å². The number of hydrogen-bond acceptors (Lipinski definition) is 6. The van der Waals surface area contributed by atoms with Gasteiger partial charge in [0.1, 0.15) is 5.75 Å². The summed E-state index contributed by atoms with van der Waals surface area (Å²) in [7, 11) is 2.75. The van der Waals surface area contributed by atoms with Gasteiger partial charge in [-0.05, 0) is 29.6 Å². The van der Waals surface area contributed by atoms with Crippen LogP contribution in [-0.4, -0.2) is 26.1 Å². The van der Waals surface area contributed by atoms with Crippen LogP contribution in [0.15, 0.2) is 29.6 Å². The maximum Gasteiger partial charge on any atom is 0.416 e. The molecule has 0 saturated carbocycles. The number of methoxy groups -OCH3 is 2. The van der Waals surface area contributed by atoms with Gasteiger partial charge in [-0.3, -0.25) is 4.79 Å². The minimum Gasteiger partial charge on any atom is -0.495 e. The van der Waals surface area contributed by atoms with Crippen molar-refractivity contribution in [1.82, 2.24) is 0 Å². The fraction of sp³-hybridized carbons (Fsp3) is 0.353. The molecular weight excluding hydrogens is 405 g/mol. The fourth-order valence-corrected chi connectivity index (χ4v) is 2.76. The summed E-state index contributed by atoms with van der Waals surface area (Å²) in [5.41, 5.74) is 5.92. The number of carbonyl (C=O) groups excluding carboxylic acids is 1. The second-order valence-corrected chi connectivity index (χ2v) is 6.46. The molecule has 0 unspecified atom stereocenters. The Morgan fingerprint density at radius 2 is 2.00 bits per heavy atom. The van der Waals surface area contributed by atoms with Crippen molar-refractivity contribution >= 4 is 40.3 Å². The van der Waals surface area contributed by atoms with Crippen molar-refractivity contribution in [2.75, 3.05) is 31.2 Å². The molecule has 0 aliphatic rings. The zero-order valence-electron chi connectivity index (χ0n) is 14.7. The van der Waals surface area contributed by atoms with Crippen molar-refractivity contribution < 1.29 is 27.4 Å². The standard InChI is InChI=1S/C13H13F3N2OS.C4H7ClO2/c1-19-11-3-2-8(13(14,15)16)6-10(11)18-7-12-9(17)4-5-20-12;1-7-4(6)2-3-5/h2-6,18H,7,17H2,1H3;2-3H2,1H3. The van der Waals surface area contributed by atoms with Crippen LogP contribution in [0.1, 0.15) is 16.9 Å². The summed E-state index contributed by atoms with van der Waals surface area (Å²) >= 11 is 6.62. The van der Waals surface area contributed by atoms with Crippen LogP contribution < -0.4 is 15.8 Å². The van der Waals surface area contributed by atoms with E-state index >= 15 is 0 Å². The highest BCUT2D eigenvalue weighted by Crippen LogP contribution is 2.35. The van der Waals surface area contributed by atoms with E-state index in [-0.39, 0.29) is 11.7 Å². The van der Waals surface area contributed by atoms with E-state index in [2.05, 4.69) is 10.1 Å². The Morgan fingerprint density at radius 3 is 2.44 bits per heavy atom. The number of halogens is 4. The van der Waals surface area contributed by atoms with Gasteiger partial charge in [-0.1, -0.05) is 0 Å². The van der Waals surface area contributed by atoms with Gasteiger partial charge in [-0.25, -0.2) is 0 Å². The third-order valence-electron chi connectivity index (χ3n) is 3.27. The number of thiophene rings is 1. The van der Waals surface area contributed by atoms with Gasteiger partial charge < -0.3 is 20.5 Å². The number of esters is 1. The van der Waals surface area contributed by atoms with Gasteiger partial charge in [0.05, 0.1) is 38.4 Å². The first-order chi connectivity index (χ1) is 12.7. The van der Waals surface area contributed by atoms with Crippen molar-refractivity contribution in [3.63, 3.8) is 0 Å². The minimum absolute atomic E-state index is 0.255. The summed E-state index contributed by atoms with van der Waals surface area (Å²) < 4.78 is 47.4. The van der Waals surface area contributed by atoms with Gasteiger partial charge >= 0.3 is 12.1 Å². The number of nitrogen functional groups attached to an aromatic ring is 1. The molecule has 27 heavy (non-hydrogen) atoms. The van der Waals surface area contributed by atoms with Crippen LogP contribution in [0.5, 0.6) is 5.75 Å². The molecule has 0 bridgehead atoms. The quantitative estimate of drug-likeness (QED) is 0.516. The number of nitrogens with one attached hydrogen (secondary N) is 1. The molecule has 150 valence electrons. The highest BCUT2D eigenvalue weighted by Gasteiger charge is 2.31. The first-order valence-corrected chi connectivity index (χ1v) is 9.08. The van der Waals surface area contributed by atoms with Crippen molar-refractivity contribution in [3.05, 3.63) is 40.1 Å². The zero-order valence-corrected chi connectivity index (χ0v) is 16.3. The molecule has 1 aromatic carbocycles. The van der Waals surface area contributed by atoms with E-state index in [9.17, 15) is 18.0 Å². The van der Waals surface area contributed by atoms with E-state index < -0.39 is 11.7 Å². The molecule has 0 atom stereocenters. The molecule has 5 nitrogen and oxygen atoms in total. The summed E-state index contributed by atoms with van der Waals surface area (Å²) in [6, 6.07) is 5.07. The first kappa shape index (κ1) is 22.9. The van der Waals surface area contributed by atoms with Crippen LogP contribution in [0.4, 0.5) is 24.5 Å². The van der Waals surface area contributed by atoms with Crippen LogP contribution in [0, 0.1) is 0 Å². The molecule has 10 heteroatoms. The molecule has 0 aliphatic carbocycles. The third kappa shape index (κ3) is 7.56. The number of rotatable bonds is 6. The Kier molecular flexibility index (Phi) is 9.23. The van der Waals surface area contributed by atoms with Crippen LogP contribution in [0.3, 0.4) is 0 Å². The number of ether oxygens (including phenoxy) is 2. The number of nitrogens with two attached hydrogens (primary N) is 1. The average molecular weight is 425 g/mol. The second-order valence-electron chi connectivity index (χ2n) is 5.08. The Hall–Kier alpha value is -2.13. The fourth-order valence-electron chi connectivity index (χ4n) is 1.87. The number of alkyl halides is 4. The van der Waals surface area contributed by atoms with Gasteiger partial charge in [-0.15, -0.1) is 22.9 Å². The Labute approximate surface area is 164 Å². The predicted octanol–water partition coefficient (Wildman–Crippen LogP) is 4.76. The lowest BCUT2D eigenvalue weighted by Gasteiger charge is -2.14. The normalized spacial score (nSPS) is 10.6. The molecule has 0 radical (unpaired) electrons. The number of anilines is 2. The Morgan fingerprint density at radius 1 is 1.30 bits per heavy atom. The first-order valence-electron chi connectivity index (χ1n) is 7.66. The molecule has 0 aliphatic heterocycles. The van der Waals surface area contributed by atoms with E-state index in [0.717, 1.165) is 17.0 Å². The van der Waals surface area contributed by atoms with Crippen LogP contribution >= 0.6 is 22.9 Å². The highest BCUT2D eigenvalue weighted by atomic mass is 35.5. The van der Waals surface area contributed by atoms with E-state index in [4.69, 9.17) is 22.1 Å². The lowest BCUT2D eigenvalue weighted by molar-refractivity contribution is -0.140. The van der Waals surface area contributed by atoms with Crippen molar-refractivity contribution in [1.29, 1.82) is 0 Å². The molecule has 2 aromatic rings. The summed E-state index contributed by atoms with van der Waals surface area (Å²) in [6.45, 7) is 0.348. The zero-order chi connectivity index (χ0) is 20.4. The van der Waals surface area contributed by atoms with Gasteiger partial charge in [-0.2, -0.15) is 13.2 Å². The van der Waals surface area contributed by atoms with E-state index in [1.54, 1.807) is 6.07 Å². The van der Waals surface area contributed by atoms with Gasteiger partial charge in [0, 0.05) is 16.4 Å². The molecule has 1 heterocycles.